The molecule has 1 unspecified atom stereocenters. The van der Waals surface area contributed by atoms with Gasteiger partial charge in [-0.1, -0.05) is 46.0 Å². The molecule has 0 amide bonds. The molecule has 1 fully saturated rings. The van der Waals surface area contributed by atoms with Crippen molar-refractivity contribution in [2.45, 2.75) is 84.2 Å². The van der Waals surface area contributed by atoms with E-state index in [9.17, 15) is 0 Å². The Labute approximate surface area is 130 Å². The van der Waals surface area contributed by atoms with E-state index in [1.165, 1.54) is 57.2 Å². The number of hydrogen-bond acceptors (Lipinski definition) is 2. The molecule has 0 spiro atoms. The van der Waals surface area contributed by atoms with Gasteiger partial charge in [0, 0.05) is 31.4 Å². The van der Waals surface area contributed by atoms with Crippen LogP contribution in [0.2, 0.25) is 0 Å². The SMILES string of the molecule is CCCn1ccnc1CC(CCC1CCCCC1)NCC. The third-order valence-electron chi connectivity index (χ3n) is 4.84. The molecule has 2 rings (SSSR count). The number of likely N-dealkylation sites (N-methyl/N-ethyl adjacent to an activating group) is 1. The van der Waals surface area contributed by atoms with Gasteiger partial charge in [0.25, 0.3) is 0 Å². The molecule has 1 heterocycles. The molecule has 21 heavy (non-hydrogen) atoms. The average Bonchev–Trinajstić information content (AvgIpc) is 2.94. The van der Waals surface area contributed by atoms with Gasteiger partial charge >= 0.3 is 0 Å². The van der Waals surface area contributed by atoms with E-state index in [0.717, 1.165) is 25.4 Å². The molecular formula is C18H33N3. The molecule has 3 nitrogen and oxygen atoms in total. The molecule has 0 radical (unpaired) electrons. The molecule has 120 valence electrons. The van der Waals surface area contributed by atoms with E-state index in [0.29, 0.717) is 6.04 Å². The minimum absolute atomic E-state index is 0.593. The van der Waals surface area contributed by atoms with Gasteiger partial charge in [-0.15, -0.1) is 0 Å². The third-order valence-corrected chi connectivity index (χ3v) is 4.84. The van der Waals surface area contributed by atoms with Crippen LogP contribution >= 0.6 is 0 Å². The molecule has 3 heteroatoms. The Hall–Kier alpha value is -0.830. The van der Waals surface area contributed by atoms with Crippen LogP contribution in [-0.2, 0) is 13.0 Å². The Morgan fingerprint density at radius 1 is 1.29 bits per heavy atom. The zero-order chi connectivity index (χ0) is 14.9. The van der Waals surface area contributed by atoms with Crippen molar-refractivity contribution in [2.75, 3.05) is 6.54 Å². The van der Waals surface area contributed by atoms with Crippen LogP contribution in [0.5, 0.6) is 0 Å². The maximum Gasteiger partial charge on any atom is 0.110 e. The summed E-state index contributed by atoms with van der Waals surface area (Å²) in [5.74, 6) is 2.24. The smallest absolute Gasteiger partial charge is 0.110 e. The summed E-state index contributed by atoms with van der Waals surface area (Å²) >= 11 is 0. The van der Waals surface area contributed by atoms with Crippen molar-refractivity contribution in [2.24, 2.45) is 5.92 Å². The van der Waals surface area contributed by atoms with Crippen LogP contribution in [0.15, 0.2) is 12.4 Å². The predicted molar refractivity (Wildman–Crippen MR) is 89.5 cm³/mol. The molecule has 1 N–H and O–H groups in total. The quantitative estimate of drug-likeness (QED) is 0.740. The standard InChI is InChI=1S/C18H33N3/c1-3-13-21-14-12-20-18(21)15-17(19-4-2)11-10-16-8-6-5-7-9-16/h12,14,16-17,19H,3-11,13,15H2,1-2H3. The van der Waals surface area contributed by atoms with Gasteiger partial charge in [0.1, 0.15) is 5.82 Å². The Morgan fingerprint density at radius 3 is 2.81 bits per heavy atom. The predicted octanol–water partition coefficient (Wildman–Crippen LogP) is 4.17. The van der Waals surface area contributed by atoms with Gasteiger partial charge in [-0.05, 0) is 31.7 Å². The van der Waals surface area contributed by atoms with Gasteiger partial charge in [-0.3, -0.25) is 0 Å². The Balaban J connectivity index is 1.84. The topological polar surface area (TPSA) is 29.9 Å². The first kappa shape index (κ1) is 16.5. The zero-order valence-electron chi connectivity index (χ0n) is 14.0. The van der Waals surface area contributed by atoms with Gasteiger partial charge in [-0.25, -0.2) is 4.98 Å². The summed E-state index contributed by atoms with van der Waals surface area (Å²) in [4.78, 5) is 4.57. The fourth-order valence-corrected chi connectivity index (χ4v) is 3.67. The summed E-state index contributed by atoms with van der Waals surface area (Å²) in [6, 6.07) is 0.593. The molecule has 0 aromatic carbocycles. The van der Waals surface area contributed by atoms with E-state index in [4.69, 9.17) is 0 Å². The van der Waals surface area contributed by atoms with Gasteiger partial charge in [0.05, 0.1) is 0 Å². The second kappa shape index (κ2) is 9.24. The first-order chi connectivity index (χ1) is 10.3. The molecule has 1 aliphatic rings. The number of nitrogens with zero attached hydrogens (tertiary/aromatic N) is 2. The number of nitrogens with one attached hydrogen (secondary N) is 1. The van der Waals surface area contributed by atoms with Gasteiger partial charge in [0.15, 0.2) is 0 Å². The maximum absolute atomic E-state index is 4.57. The Bertz CT molecular complexity index is 380. The summed E-state index contributed by atoms with van der Waals surface area (Å²) in [6.45, 7) is 6.60. The molecule has 1 aromatic heterocycles. The number of aromatic nitrogens is 2. The maximum atomic E-state index is 4.57. The summed E-state index contributed by atoms with van der Waals surface area (Å²) in [6.07, 6.45) is 16.3. The van der Waals surface area contributed by atoms with E-state index in [1.54, 1.807) is 0 Å². The summed E-state index contributed by atoms with van der Waals surface area (Å²) in [5, 5.41) is 3.68. The normalized spacial score (nSPS) is 18.0. The summed E-state index contributed by atoms with van der Waals surface area (Å²) in [5.41, 5.74) is 0. The fraction of sp³-hybridized carbons (Fsp3) is 0.833. The minimum atomic E-state index is 0.593. The molecule has 1 atom stereocenters. The highest BCUT2D eigenvalue weighted by Crippen LogP contribution is 2.28. The van der Waals surface area contributed by atoms with E-state index in [-0.39, 0.29) is 0 Å². The highest BCUT2D eigenvalue weighted by molar-refractivity contribution is 4.96. The van der Waals surface area contributed by atoms with Crippen molar-refractivity contribution in [1.82, 2.24) is 14.9 Å². The van der Waals surface area contributed by atoms with E-state index in [1.807, 2.05) is 6.20 Å². The van der Waals surface area contributed by atoms with Crippen LogP contribution in [0.1, 0.15) is 71.0 Å². The van der Waals surface area contributed by atoms with E-state index in [2.05, 4.69) is 34.9 Å². The highest BCUT2D eigenvalue weighted by atomic mass is 15.1. The van der Waals surface area contributed by atoms with Crippen molar-refractivity contribution >= 4 is 0 Å². The van der Waals surface area contributed by atoms with Gasteiger partial charge in [-0.2, -0.15) is 0 Å². The largest absolute Gasteiger partial charge is 0.335 e. The number of imidazole rings is 1. The second-order valence-electron chi connectivity index (χ2n) is 6.58. The van der Waals surface area contributed by atoms with Crippen LogP contribution in [0.3, 0.4) is 0 Å². The van der Waals surface area contributed by atoms with Crippen molar-refractivity contribution in [1.29, 1.82) is 0 Å². The lowest BCUT2D eigenvalue weighted by Gasteiger charge is -2.24. The van der Waals surface area contributed by atoms with Gasteiger partial charge < -0.3 is 9.88 Å². The highest BCUT2D eigenvalue weighted by Gasteiger charge is 2.17. The van der Waals surface area contributed by atoms with E-state index < -0.39 is 0 Å². The van der Waals surface area contributed by atoms with Crippen LogP contribution < -0.4 is 5.32 Å². The lowest BCUT2D eigenvalue weighted by atomic mass is 9.85. The zero-order valence-corrected chi connectivity index (χ0v) is 14.0. The molecule has 1 saturated carbocycles. The number of aryl methyl sites for hydroxylation is 1. The molecule has 0 saturated heterocycles. The molecule has 1 aromatic rings. The van der Waals surface area contributed by atoms with Crippen LogP contribution in [-0.4, -0.2) is 22.1 Å². The van der Waals surface area contributed by atoms with E-state index >= 15 is 0 Å². The monoisotopic (exact) mass is 291 g/mol. The molecular weight excluding hydrogens is 258 g/mol. The Morgan fingerprint density at radius 2 is 2.10 bits per heavy atom. The Kier molecular flexibility index (Phi) is 7.28. The first-order valence-corrected chi connectivity index (χ1v) is 9.06. The van der Waals surface area contributed by atoms with Crippen molar-refractivity contribution in [3.63, 3.8) is 0 Å². The van der Waals surface area contributed by atoms with Crippen molar-refractivity contribution in [3.05, 3.63) is 18.2 Å². The first-order valence-electron chi connectivity index (χ1n) is 9.06. The van der Waals surface area contributed by atoms with Crippen molar-refractivity contribution in [3.8, 4) is 0 Å². The van der Waals surface area contributed by atoms with Crippen LogP contribution in [0.4, 0.5) is 0 Å². The average molecular weight is 291 g/mol. The molecule has 1 aliphatic carbocycles. The second-order valence-corrected chi connectivity index (χ2v) is 6.58. The van der Waals surface area contributed by atoms with Crippen LogP contribution in [0.25, 0.3) is 0 Å². The van der Waals surface area contributed by atoms with Gasteiger partial charge in [0.2, 0.25) is 0 Å². The lowest BCUT2D eigenvalue weighted by molar-refractivity contribution is 0.311. The van der Waals surface area contributed by atoms with Crippen molar-refractivity contribution < 1.29 is 0 Å². The number of hydrogen-bond donors (Lipinski definition) is 1. The fourth-order valence-electron chi connectivity index (χ4n) is 3.67. The summed E-state index contributed by atoms with van der Waals surface area (Å²) < 4.78 is 2.32. The van der Waals surface area contributed by atoms with Crippen LogP contribution in [0, 0.1) is 5.92 Å². The lowest BCUT2D eigenvalue weighted by Crippen LogP contribution is -2.32. The molecule has 0 bridgehead atoms. The third kappa shape index (κ3) is 5.46. The minimum Gasteiger partial charge on any atom is -0.335 e. The number of rotatable bonds is 9. The summed E-state index contributed by atoms with van der Waals surface area (Å²) in [7, 11) is 0. The molecule has 0 aliphatic heterocycles.